The molecule has 0 spiro atoms. The van der Waals surface area contributed by atoms with Crippen molar-refractivity contribution in [1.82, 2.24) is 4.98 Å². The van der Waals surface area contributed by atoms with Gasteiger partial charge in [0.2, 0.25) is 0 Å². The lowest BCUT2D eigenvalue weighted by molar-refractivity contribution is 0.102. The number of nitrogens with one attached hydrogen (secondary N) is 1. The summed E-state index contributed by atoms with van der Waals surface area (Å²) in [6.45, 7) is 1.51. The molecule has 0 fully saturated rings. The van der Waals surface area contributed by atoms with Crippen LogP contribution in [0.3, 0.4) is 0 Å². The third kappa shape index (κ3) is 3.55. The van der Waals surface area contributed by atoms with E-state index in [9.17, 15) is 18.3 Å². The minimum atomic E-state index is -3.44. The number of aromatic nitrogens is 1. The molecule has 1 aromatic heterocycles. The lowest BCUT2D eigenvalue weighted by atomic mass is 10.2. The van der Waals surface area contributed by atoms with Crippen molar-refractivity contribution in [1.29, 1.82) is 0 Å². The Kier molecular flexibility index (Phi) is 4.68. The highest BCUT2D eigenvalue weighted by atomic mass is 35.5. The van der Waals surface area contributed by atoms with Gasteiger partial charge in [-0.1, -0.05) is 18.5 Å². The number of halogens is 1. The molecule has 0 saturated carbocycles. The number of nitrogens with zero attached hydrogens (tertiary/aromatic N) is 1. The number of carbonyl (C=O) groups is 1. The first-order valence-corrected chi connectivity index (χ1v) is 8.35. The second-order valence-corrected chi connectivity index (χ2v) is 7.07. The highest BCUT2D eigenvalue weighted by Gasteiger charge is 2.16. The van der Waals surface area contributed by atoms with Crippen LogP contribution in [-0.2, 0) is 9.84 Å². The predicted octanol–water partition coefficient (Wildman–Crippen LogP) is 2.49. The highest BCUT2D eigenvalue weighted by molar-refractivity contribution is 7.91. The zero-order valence-corrected chi connectivity index (χ0v) is 13.1. The fourth-order valence-electron chi connectivity index (χ4n) is 1.71. The van der Waals surface area contributed by atoms with Gasteiger partial charge >= 0.3 is 0 Å². The van der Waals surface area contributed by atoms with E-state index in [1.807, 2.05) is 0 Å². The average Bonchev–Trinajstić information content (AvgIpc) is 2.49. The largest absolute Gasteiger partial charge is 0.506 e. The molecule has 0 radical (unpaired) electrons. The molecule has 0 unspecified atom stereocenters. The summed E-state index contributed by atoms with van der Waals surface area (Å²) < 4.78 is 23.7. The lowest BCUT2D eigenvalue weighted by Gasteiger charge is -2.09. The first-order chi connectivity index (χ1) is 10.3. The summed E-state index contributed by atoms with van der Waals surface area (Å²) in [5.41, 5.74) is 0.246. The highest BCUT2D eigenvalue weighted by Crippen LogP contribution is 2.27. The maximum atomic E-state index is 12.1. The van der Waals surface area contributed by atoms with Crippen molar-refractivity contribution in [2.24, 2.45) is 0 Å². The molecular weight excluding hydrogens is 328 g/mol. The third-order valence-electron chi connectivity index (χ3n) is 2.94. The number of amides is 1. The first kappa shape index (κ1) is 16.3. The van der Waals surface area contributed by atoms with Crippen LogP contribution in [0.4, 0.5) is 5.69 Å². The Morgan fingerprint density at radius 2 is 2.05 bits per heavy atom. The Labute approximate surface area is 132 Å². The Hall–Kier alpha value is -2.12. The quantitative estimate of drug-likeness (QED) is 0.658. The predicted molar refractivity (Wildman–Crippen MR) is 83.0 cm³/mol. The number of phenols is 1. The van der Waals surface area contributed by atoms with E-state index >= 15 is 0 Å². The van der Waals surface area contributed by atoms with Crippen LogP contribution in [0.1, 0.15) is 17.3 Å². The maximum Gasteiger partial charge on any atom is 0.255 e. The van der Waals surface area contributed by atoms with Gasteiger partial charge in [0.05, 0.1) is 16.3 Å². The summed E-state index contributed by atoms with van der Waals surface area (Å²) in [5.74, 6) is -0.848. The van der Waals surface area contributed by atoms with Crippen molar-refractivity contribution in [3.05, 3.63) is 47.2 Å². The molecule has 0 aliphatic rings. The maximum absolute atomic E-state index is 12.1. The number of aromatic hydroxyl groups is 1. The van der Waals surface area contributed by atoms with E-state index in [2.05, 4.69) is 10.3 Å². The van der Waals surface area contributed by atoms with Gasteiger partial charge in [-0.15, -0.1) is 0 Å². The number of sulfone groups is 1. The summed E-state index contributed by atoms with van der Waals surface area (Å²) in [4.78, 5) is 15.9. The second kappa shape index (κ2) is 6.33. The van der Waals surface area contributed by atoms with Crippen molar-refractivity contribution >= 4 is 33.0 Å². The van der Waals surface area contributed by atoms with Crippen molar-refractivity contribution in [3.8, 4) is 5.75 Å². The van der Waals surface area contributed by atoms with E-state index in [1.54, 1.807) is 0 Å². The monoisotopic (exact) mass is 340 g/mol. The van der Waals surface area contributed by atoms with Gasteiger partial charge in [-0.3, -0.25) is 4.79 Å². The van der Waals surface area contributed by atoms with Gasteiger partial charge in [-0.25, -0.2) is 13.4 Å². The molecule has 1 heterocycles. The minimum Gasteiger partial charge on any atom is -0.506 e. The summed E-state index contributed by atoms with van der Waals surface area (Å²) in [6, 6.07) is 6.53. The molecule has 0 saturated heterocycles. The Bertz CT molecular complexity index is 821. The molecule has 8 heteroatoms. The van der Waals surface area contributed by atoms with Crippen molar-refractivity contribution in [2.75, 3.05) is 11.1 Å². The lowest BCUT2D eigenvalue weighted by Crippen LogP contribution is -2.13. The van der Waals surface area contributed by atoms with Crippen molar-refractivity contribution < 1.29 is 18.3 Å². The van der Waals surface area contributed by atoms with E-state index in [-0.39, 0.29) is 32.8 Å². The van der Waals surface area contributed by atoms with Crippen molar-refractivity contribution in [2.45, 2.75) is 11.8 Å². The molecule has 1 aromatic carbocycles. The van der Waals surface area contributed by atoms with Gasteiger partial charge in [-0.2, -0.15) is 0 Å². The number of anilines is 1. The van der Waals surface area contributed by atoms with Gasteiger partial charge in [0.1, 0.15) is 10.9 Å². The molecule has 0 atom stereocenters. The fourth-order valence-corrected chi connectivity index (χ4v) is 2.79. The summed E-state index contributed by atoms with van der Waals surface area (Å²) in [5, 5.41) is 12.4. The first-order valence-electron chi connectivity index (χ1n) is 6.32. The molecule has 1 amide bonds. The van der Waals surface area contributed by atoms with Gasteiger partial charge < -0.3 is 10.4 Å². The third-order valence-corrected chi connectivity index (χ3v) is 4.88. The second-order valence-electron chi connectivity index (χ2n) is 4.40. The topological polar surface area (TPSA) is 96.4 Å². The number of benzene rings is 1. The smallest absolute Gasteiger partial charge is 0.255 e. The molecule has 116 valence electrons. The van der Waals surface area contributed by atoms with Gasteiger partial charge in [0.15, 0.2) is 9.84 Å². The van der Waals surface area contributed by atoms with E-state index in [4.69, 9.17) is 11.6 Å². The van der Waals surface area contributed by atoms with Gasteiger partial charge in [0.25, 0.3) is 5.91 Å². The fraction of sp³-hybridized carbons (Fsp3) is 0.143. The number of hydrogen-bond donors (Lipinski definition) is 2. The molecule has 0 aliphatic heterocycles. The molecule has 6 nitrogen and oxygen atoms in total. The number of carbonyl (C=O) groups excluding carboxylic acids is 1. The van der Waals surface area contributed by atoms with Gasteiger partial charge in [0, 0.05) is 11.8 Å². The number of pyridine rings is 1. The van der Waals surface area contributed by atoms with Crippen molar-refractivity contribution in [3.63, 3.8) is 0 Å². The zero-order valence-electron chi connectivity index (χ0n) is 11.6. The van der Waals surface area contributed by atoms with Crippen LogP contribution in [0.2, 0.25) is 5.15 Å². The summed E-state index contributed by atoms with van der Waals surface area (Å²) >= 11 is 5.71. The zero-order chi connectivity index (χ0) is 16.3. The van der Waals surface area contributed by atoms with Crippen LogP contribution in [-0.4, -0.2) is 30.2 Å². The Morgan fingerprint density at radius 1 is 1.32 bits per heavy atom. The molecule has 2 aromatic rings. The number of phenolic OH excluding ortho intramolecular Hbond substituents is 1. The average molecular weight is 341 g/mol. The van der Waals surface area contributed by atoms with Crippen LogP contribution in [0.25, 0.3) is 0 Å². The van der Waals surface area contributed by atoms with Crippen LogP contribution in [0.15, 0.2) is 41.4 Å². The molecule has 2 N–H and O–H groups in total. The minimum absolute atomic E-state index is 0.00691. The molecule has 0 bridgehead atoms. The van der Waals surface area contributed by atoms with E-state index in [1.165, 1.54) is 43.5 Å². The Morgan fingerprint density at radius 3 is 2.68 bits per heavy atom. The number of rotatable bonds is 4. The van der Waals surface area contributed by atoms with Crippen LogP contribution in [0, 0.1) is 0 Å². The molecule has 2 rings (SSSR count). The van der Waals surface area contributed by atoms with E-state index in [0.717, 1.165) is 0 Å². The van der Waals surface area contributed by atoms with Crippen LogP contribution < -0.4 is 5.32 Å². The summed E-state index contributed by atoms with van der Waals surface area (Å²) in [6.07, 6.45) is 1.37. The molecular formula is C14H13ClN2O4S. The van der Waals surface area contributed by atoms with Gasteiger partial charge in [-0.05, 0) is 30.3 Å². The van der Waals surface area contributed by atoms with E-state index < -0.39 is 15.7 Å². The SMILES string of the molecule is CCS(=O)(=O)c1ccc(O)c(NC(=O)c2ccnc(Cl)c2)c1. The molecule has 22 heavy (non-hydrogen) atoms. The summed E-state index contributed by atoms with van der Waals surface area (Å²) in [7, 11) is -3.44. The standard InChI is InChI=1S/C14H13ClN2O4S/c1-2-22(20,21)10-3-4-12(18)11(8-10)17-14(19)9-5-6-16-13(15)7-9/h3-8,18H,2H2,1H3,(H,17,19). The molecule has 0 aliphatic carbocycles. The normalized spacial score (nSPS) is 11.2. The number of hydrogen-bond acceptors (Lipinski definition) is 5. The van der Waals surface area contributed by atoms with Crippen LogP contribution in [0.5, 0.6) is 5.75 Å². The Balaban J connectivity index is 2.33. The van der Waals surface area contributed by atoms with E-state index in [0.29, 0.717) is 0 Å². The van der Waals surface area contributed by atoms with Crippen LogP contribution >= 0.6 is 11.6 Å².